The van der Waals surface area contributed by atoms with Crippen LogP contribution in [-0.2, 0) is 4.79 Å². The van der Waals surface area contributed by atoms with Crippen LogP contribution in [-0.4, -0.2) is 12.5 Å². The predicted molar refractivity (Wildman–Crippen MR) is 86.9 cm³/mol. The first-order valence-electron chi connectivity index (χ1n) is 7.70. The molecule has 0 atom stereocenters. The Balaban J connectivity index is 2.10. The van der Waals surface area contributed by atoms with Gasteiger partial charge in [-0.15, -0.1) is 0 Å². The van der Waals surface area contributed by atoms with Gasteiger partial charge in [-0.25, -0.2) is 0 Å². The molecule has 112 valence electrons. The predicted octanol–water partition coefficient (Wildman–Crippen LogP) is 3.07. The van der Waals surface area contributed by atoms with Gasteiger partial charge in [-0.3, -0.25) is 4.79 Å². The Bertz CT molecular complexity index is 560. The summed E-state index contributed by atoms with van der Waals surface area (Å²) in [6.45, 7) is 4.60. The molecule has 0 bridgehead atoms. The van der Waals surface area contributed by atoms with E-state index in [0.29, 0.717) is 6.54 Å². The number of nitrogens with one attached hydrogen (secondary N) is 1. The van der Waals surface area contributed by atoms with Crippen molar-refractivity contribution in [2.24, 2.45) is 17.6 Å². The fraction of sp³-hybridized carbons (Fsp3) is 0.500. The molecule has 1 amide bonds. The average molecular weight is 284 g/mol. The zero-order valence-electron chi connectivity index (χ0n) is 12.9. The van der Waals surface area contributed by atoms with Crippen molar-refractivity contribution in [1.82, 2.24) is 0 Å². The van der Waals surface area contributed by atoms with Crippen molar-refractivity contribution in [1.29, 1.82) is 0 Å². The topological polar surface area (TPSA) is 55.1 Å². The van der Waals surface area contributed by atoms with Gasteiger partial charge in [0.05, 0.1) is 12.2 Å². The number of rotatable bonds is 2. The molecule has 0 unspecified atom stereocenters. The normalized spacial score (nSPS) is 21.3. The number of amides is 1. The lowest BCUT2D eigenvalue weighted by Gasteiger charge is -2.25. The zero-order valence-corrected chi connectivity index (χ0v) is 12.9. The van der Waals surface area contributed by atoms with Crippen LogP contribution in [0.4, 0.5) is 5.69 Å². The molecular weight excluding hydrogens is 260 g/mol. The highest BCUT2D eigenvalue weighted by Gasteiger charge is 2.24. The lowest BCUT2D eigenvalue weighted by Crippen LogP contribution is -2.26. The fourth-order valence-electron chi connectivity index (χ4n) is 2.77. The summed E-state index contributed by atoms with van der Waals surface area (Å²) in [4.78, 5) is 12.4. The van der Waals surface area contributed by atoms with E-state index < -0.39 is 0 Å². The second-order valence-corrected chi connectivity index (χ2v) is 6.00. The van der Waals surface area contributed by atoms with Crippen molar-refractivity contribution in [2.45, 2.75) is 39.5 Å². The summed E-state index contributed by atoms with van der Waals surface area (Å²) in [6.07, 6.45) is 4.27. The minimum atomic E-state index is 0.126. The van der Waals surface area contributed by atoms with Crippen LogP contribution >= 0.6 is 0 Å². The zero-order chi connectivity index (χ0) is 15.2. The van der Waals surface area contributed by atoms with Gasteiger partial charge in [-0.1, -0.05) is 24.8 Å². The Morgan fingerprint density at radius 3 is 2.71 bits per heavy atom. The first kappa shape index (κ1) is 15.6. The molecule has 0 saturated heterocycles. The maximum atomic E-state index is 12.4. The van der Waals surface area contributed by atoms with Gasteiger partial charge in [0, 0.05) is 11.5 Å². The summed E-state index contributed by atoms with van der Waals surface area (Å²) in [5.74, 6) is 6.91. The van der Waals surface area contributed by atoms with Crippen LogP contribution in [0.15, 0.2) is 18.2 Å². The smallest absolute Gasteiger partial charge is 0.227 e. The molecule has 1 saturated carbocycles. The van der Waals surface area contributed by atoms with Gasteiger partial charge in [0.1, 0.15) is 0 Å². The van der Waals surface area contributed by atoms with Crippen LogP contribution < -0.4 is 11.1 Å². The molecule has 0 aliphatic heterocycles. The molecule has 2 rings (SSSR count). The van der Waals surface area contributed by atoms with Crippen molar-refractivity contribution in [3.8, 4) is 11.8 Å². The van der Waals surface area contributed by atoms with Crippen LogP contribution in [0.3, 0.4) is 0 Å². The third-order valence-electron chi connectivity index (χ3n) is 4.14. The molecule has 3 heteroatoms. The largest absolute Gasteiger partial charge is 0.325 e. The van der Waals surface area contributed by atoms with Crippen LogP contribution in [0, 0.1) is 30.6 Å². The van der Waals surface area contributed by atoms with E-state index in [2.05, 4.69) is 24.1 Å². The second-order valence-electron chi connectivity index (χ2n) is 6.00. The van der Waals surface area contributed by atoms with Gasteiger partial charge < -0.3 is 11.1 Å². The summed E-state index contributed by atoms with van der Waals surface area (Å²) in [5.41, 5.74) is 8.20. The van der Waals surface area contributed by atoms with E-state index in [9.17, 15) is 4.79 Å². The van der Waals surface area contributed by atoms with Crippen LogP contribution in [0.5, 0.6) is 0 Å². The standard InChI is InChI=1S/C18H24N2O/c1-13-5-8-15(9-6-13)18(21)20-17-10-7-14(2)12-16(17)4-3-11-19/h7,10,12-13,15H,5-6,8-9,11,19H2,1-2H3,(H,20,21). The Hall–Kier alpha value is -1.79. The average Bonchev–Trinajstić information content (AvgIpc) is 2.48. The highest BCUT2D eigenvalue weighted by molar-refractivity contribution is 5.94. The molecule has 0 radical (unpaired) electrons. The number of nitrogens with two attached hydrogens (primary N) is 1. The second kappa shape index (κ2) is 7.28. The van der Waals surface area contributed by atoms with E-state index in [1.807, 2.05) is 25.1 Å². The molecule has 0 heterocycles. The highest BCUT2D eigenvalue weighted by atomic mass is 16.1. The molecule has 3 nitrogen and oxygen atoms in total. The Morgan fingerprint density at radius 1 is 1.33 bits per heavy atom. The van der Waals surface area contributed by atoms with Gasteiger partial charge in [-0.2, -0.15) is 0 Å². The summed E-state index contributed by atoms with van der Waals surface area (Å²) in [5, 5.41) is 3.05. The molecule has 0 aromatic heterocycles. The van der Waals surface area contributed by atoms with E-state index in [1.165, 1.54) is 0 Å². The number of benzene rings is 1. The van der Waals surface area contributed by atoms with E-state index in [4.69, 9.17) is 5.73 Å². The first-order valence-corrected chi connectivity index (χ1v) is 7.70. The van der Waals surface area contributed by atoms with Crippen molar-refractivity contribution in [3.05, 3.63) is 29.3 Å². The van der Waals surface area contributed by atoms with Crippen molar-refractivity contribution < 1.29 is 4.79 Å². The molecule has 21 heavy (non-hydrogen) atoms. The maximum Gasteiger partial charge on any atom is 0.227 e. The summed E-state index contributed by atoms with van der Waals surface area (Å²) < 4.78 is 0. The highest BCUT2D eigenvalue weighted by Crippen LogP contribution is 2.29. The molecule has 0 spiro atoms. The number of aryl methyl sites for hydroxylation is 1. The number of carbonyl (C=O) groups is 1. The quantitative estimate of drug-likeness (QED) is 0.820. The third-order valence-corrected chi connectivity index (χ3v) is 4.14. The van der Waals surface area contributed by atoms with Crippen molar-refractivity contribution in [3.63, 3.8) is 0 Å². The van der Waals surface area contributed by atoms with Gasteiger partial charge in [0.25, 0.3) is 0 Å². The maximum absolute atomic E-state index is 12.4. The van der Waals surface area contributed by atoms with Crippen molar-refractivity contribution in [2.75, 3.05) is 11.9 Å². The summed E-state index contributed by atoms with van der Waals surface area (Å²) in [7, 11) is 0. The number of anilines is 1. The van der Waals surface area contributed by atoms with Crippen LogP contribution in [0.2, 0.25) is 0 Å². The number of carbonyl (C=O) groups excluding carboxylic acids is 1. The Kier molecular flexibility index (Phi) is 5.41. The third kappa shape index (κ3) is 4.34. The minimum absolute atomic E-state index is 0.126. The lowest BCUT2D eigenvalue weighted by atomic mass is 9.82. The molecule has 1 aliphatic carbocycles. The Labute approximate surface area is 127 Å². The summed E-state index contributed by atoms with van der Waals surface area (Å²) in [6, 6.07) is 5.91. The van der Waals surface area contributed by atoms with E-state index in [0.717, 1.165) is 48.4 Å². The van der Waals surface area contributed by atoms with Gasteiger partial charge >= 0.3 is 0 Å². The number of hydrogen-bond acceptors (Lipinski definition) is 2. The van der Waals surface area contributed by atoms with E-state index in [-0.39, 0.29) is 11.8 Å². The summed E-state index contributed by atoms with van der Waals surface area (Å²) >= 11 is 0. The fourth-order valence-corrected chi connectivity index (χ4v) is 2.77. The van der Waals surface area contributed by atoms with Gasteiger partial charge in [0.2, 0.25) is 5.91 Å². The molecule has 1 aliphatic rings. The molecule has 3 N–H and O–H groups in total. The monoisotopic (exact) mass is 284 g/mol. The molecule has 1 aromatic rings. The first-order chi connectivity index (χ1) is 10.1. The van der Waals surface area contributed by atoms with Gasteiger partial charge in [-0.05, 0) is 56.2 Å². The SMILES string of the molecule is Cc1ccc(NC(=O)C2CCC(C)CC2)c(C#CCN)c1. The van der Waals surface area contributed by atoms with E-state index >= 15 is 0 Å². The van der Waals surface area contributed by atoms with E-state index in [1.54, 1.807) is 0 Å². The minimum Gasteiger partial charge on any atom is -0.325 e. The molecule has 1 fully saturated rings. The Morgan fingerprint density at radius 2 is 2.05 bits per heavy atom. The molecular formula is C18H24N2O. The lowest BCUT2D eigenvalue weighted by molar-refractivity contribution is -0.121. The van der Waals surface area contributed by atoms with Crippen LogP contribution in [0.1, 0.15) is 43.7 Å². The van der Waals surface area contributed by atoms with Gasteiger partial charge in [0.15, 0.2) is 0 Å². The van der Waals surface area contributed by atoms with Crippen LogP contribution in [0.25, 0.3) is 0 Å². The number of hydrogen-bond donors (Lipinski definition) is 2. The van der Waals surface area contributed by atoms with Crippen molar-refractivity contribution >= 4 is 11.6 Å². The molecule has 1 aromatic carbocycles.